The minimum absolute atomic E-state index is 0.321. The molecule has 0 radical (unpaired) electrons. The predicted molar refractivity (Wildman–Crippen MR) is 72.0 cm³/mol. The van der Waals surface area contributed by atoms with Gasteiger partial charge in [-0.25, -0.2) is 14.3 Å². The molecule has 0 spiro atoms. The zero-order valence-electron chi connectivity index (χ0n) is 11.2. The number of carbonyl (C=O) groups is 1. The molecule has 0 fully saturated rings. The van der Waals surface area contributed by atoms with Gasteiger partial charge in [0.15, 0.2) is 0 Å². The van der Waals surface area contributed by atoms with Gasteiger partial charge < -0.3 is 4.74 Å². The quantitative estimate of drug-likeness (QED) is 0.486. The maximum Gasteiger partial charge on any atom is 0.341 e. The fourth-order valence-corrected chi connectivity index (χ4v) is 1.80. The fourth-order valence-electron chi connectivity index (χ4n) is 1.80. The summed E-state index contributed by atoms with van der Waals surface area (Å²) in [5.41, 5.74) is 2.40. The SMILES string of the molecule is CCOC(=O)c1cnn(-c2ccc(N=C=O)cc2)c1C. The van der Waals surface area contributed by atoms with Crippen molar-refractivity contribution in [3.05, 3.63) is 41.7 Å². The van der Waals surface area contributed by atoms with Gasteiger partial charge in [-0.3, -0.25) is 0 Å². The first-order valence-corrected chi connectivity index (χ1v) is 6.07. The first-order chi connectivity index (χ1) is 9.67. The highest BCUT2D eigenvalue weighted by Gasteiger charge is 2.15. The average molecular weight is 271 g/mol. The molecule has 0 aliphatic heterocycles. The van der Waals surface area contributed by atoms with Crippen molar-refractivity contribution in [3.63, 3.8) is 0 Å². The molecule has 0 aliphatic carbocycles. The van der Waals surface area contributed by atoms with E-state index in [-0.39, 0.29) is 0 Å². The highest BCUT2D eigenvalue weighted by atomic mass is 16.5. The second kappa shape index (κ2) is 5.95. The molecule has 0 atom stereocenters. The normalized spacial score (nSPS) is 9.90. The number of hydrogen-bond acceptors (Lipinski definition) is 5. The van der Waals surface area contributed by atoms with E-state index >= 15 is 0 Å². The molecule has 0 amide bonds. The van der Waals surface area contributed by atoms with E-state index < -0.39 is 5.97 Å². The largest absolute Gasteiger partial charge is 0.462 e. The molecular weight excluding hydrogens is 258 g/mol. The van der Waals surface area contributed by atoms with Crippen LogP contribution in [0.15, 0.2) is 35.5 Å². The van der Waals surface area contributed by atoms with E-state index in [4.69, 9.17) is 4.74 Å². The van der Waals surface area contributed by atoms with E-state index in [1.807, 2.05) is 0 Å². The molecule has 0 aliphatic rings. The lowest BCUT2D eigenvalue weighted by atomic mass is 10.2. The van der Waals surface area contributed by atoms with Crippen molar-refractivity contribution in [1.29, 1.82) is 0 Å². The molecule has 0 saturated heterocycles. The predicted octanol–water partition coefficient (Wildman–Crippen LogP) is 2.32. The minimum atomic E-state index is -0.390. The molecule has 2 aromatic rings. The Balaban J connectivity index is 2.34. The van der Waals surface area contributed by atoms with Crippen LogP contribution in [0.4, 0.5) is 5.69 Å². The molecular formula is C14H13N3O3. The van der Waals surface area contributed by atoms with Crippen LogP contribution in [0.25, 0.3) is 5.69 Å². The van der Waals surface area contributed by atoms with E-state index in [1.54, 1.807) is 42.8 Å². The van der Waals surface area contributed by atoms with Gasteiger partial charge >= 0.3 is 5.97 Å². The first-order valence-electron chi connectivity index (χ1n) is 6.07. The van der Waals surface area contributed by atoms with Crippen molar-refractivity contribution in [2.75, 3.05) is 6.61 Å². The molecule has 6 heteroatoms. The van der Waals surface area contributed by atoms with E-state index in [0.29, 0.717) is 23.6 Å². The van der Waals surface area contributed by atoms with Crippen LogP contribution in [0.1, 0.15) is 23.0 Å². The number of esters is 1. The molecule has 0 unspecified atom stereocenters. The van der Waals surface area contributed by atoms with Gasteiger partial charge in [0.1, 0.15) is 5.56 Å². The van der Waals surface area contributed by atoms with Gasteiger partial charge in [-0.05, 0) is 38.1 Å². The van der Waals surface area contributed by atoms with Gasteiger partial charge in [0.25, 0.3) is 0 Å². The Kier molecular flexibility index (Phi) is 4.08. The standard InChI is InChI=1S/C14H13N3O3/c1-3-20-14(19)13-8-16-17(10(13)2)12-6-4-11(5-7-12)15-9-18/h4-8H,3H2,1-2H3. The van der Waals surface area contributed by atoms with Crippen LogP contribution in [-0.2, 0) is 9.53 Å². The molecule has 6 nitrogen and oxygen atoms in total. The van der Waals surface area contributed by atoms with Crippen molar-refractivity contribution < 1.29 is 14.3 Å². The topological polar surface area (TPSA) is 73.5 Å². The van der Waals surface area contributed by atoms with Crippen LogP contribution in [0.3, 0.4) is 0 Å². The molecule has 2 rings (SSSR count). The summed E-state index contributed by atoms with van der Waals surface area (Å²) in [6.45, 7) is 3.86. The minimum Gasteiger partial charge on any atom is -0.462 e. The van der Waals surface area contributed by atoms with Gasteiger partial charge in [0.05, 0.1) is 29.9 Å². The van der Waals surface area contributed by atoms with E-state index in [9.17, 15) is 9.59 Å². The molecule has 0 bridgehead atoms. The number of isocyanates is 1. The van der Waals surface area contributed by atoms with Crippen LogP contribution in [0, 0.1) is 6.92 Å². The van der Waals surface area contributed by atoms with Crippen LogP contribution in [0.5, 0.6) is 0 Å². The Hall–Kier alpha value is -2.72. The molecule has 102 valence electrons. The summed E-state index contributed by atoms with van der Waals surface area (Å²) in [6.07, 6.45) is 2.96. The second-order valence-electron chi connectivity index (χ2n) is 4.00. The Bertz CT molecular complexity index is 667. The lowest BCUT2D eigenvalue weighted by Crippen LogP contribution is -2.06. The van der Waals surface area contributed by atoms with Gasteiger partial charge in [0.2, 0.25) is 6.08 Å². The fraction of sp³-hybridized carbons (Fsp3) is 0.214. The van der Waals surface area contributed by atoms with Crippen LogP contribution in [-0.4, -0.2) is 28.4 Å². The third-order valence-electron chi connectivity index (χ3n) is 2.77. The van der Waals surface area contributed by atoms with Crippen molar-refractivity contribution >= 4 is 17.7 Å². The lowest BCUT2D eigenvalue weighted by molar-refractivity contribution is 0.0525. The number of benzene rings is 1. The monoisotopic (exact) mass is 271 g/mol. The Morgan fingerprint density at radius 2 is 2.10 bits per heavy atom. The molecule has 20 heavy (non-hydrogen) atoms. The first kappa shape index (κ1) is 13.7. The third kappa shape index (κ3) is 2.65. The molecule has 1 heterocycles. The number of aliphatic imine (C=N–C) groups is 1. The van der Waals surface area contributed by atoms with Crippen LogP contribution < -0.4 is 0 Å². The highest BCUT2D eigenvalue weighted by Crippen LogP contribution is 2.18. The third-order valence-corrected chi connectivity index (χ3v) is 2.77. The molecule has 1 aromatic heterocycles. The summed E-state index contributed by atoms with van der Waals surface area (Å²) in [7, 11) is 0. The smallest absolute Gasteiger partial charge is 0.341 e. The Morgan fingerprint density at radius 1 is 1.40 bits per heavy atom. The van der Waals surface area contributed by atoms with Crippen molar-refractivity contribution in [2.24, 2.45) is 4.99 Å². The Labute approximate surface area is 115 Å². The van der Waals surface area contributed by atoms with Crippen LogP contribution in [0.2, 0.25) is 0 Å². The van der Waals surface area contributed by atoms with Gasteiger partial charge in [0, 0.05) is 0 Å². The van der Waals surface area contributed by atoms with E-state index in [0.717, 1.165) is 5.69 Å². The van der Waals surface area contributed by atoms with Gasteiger partial charge in [-0.2, -0.15) is 10.1 Å². The number of aromatic nitrogens is 2. The van der Waals surface area contributed by atoms with Gasteiger partial charge in [-0.1, -0.05) is 0 Å². The molecule has 0 saturated carbocycles. The summed E-state index contributed by atoms with van der Waals surface area (Å²) in [6, 6.07) is 6.85. The maximum absolute atomic E-state index is 11.7. The van der Waals surface area contributed by atoms with Crippen molar-refractivity contribution in [1.82, 2.24) is 9.78 Å². The zero-order chi connectivity index (χ0) is 14.5. The summed E-state index contributed by atoms with van der Waals surface area (Å²) >= 11 is 0. The lowest BCUT2D eigenvalue weighted by Gasteiger charge is -2.05. The number of rotatable bonds is 4. The summed E-state index contributed by atoms with van der Waals surface area (Å²) < 4.78 is 6.58. The number of carbonyl (C=O) groups excluding carboxylic acids is 2. The van der Waals surface area contributed by atoms with E-state index in [2.05, 4.69) is 10.1 Å². The van der Waals surface area contributed by atoms with Crippen LogP contribution >= 0.6 is 0 Å². The zero-order valence-corrected chi connectivity index (χ0v) is 11.2. The summed E-state index contributed by atoms with van der Waals surface area (Å²) in [4.78, 5) is 25.4. The summed E-state index contributed by atoms with van der Waals surface area (Å²) in [5, 5.41) is 4.17. The van der Waals surface area contributed by atoms with Gasteiger partial charge in [-0.15, -0.1) is 0 Å². The van der Waals surface area contributed by atoms with Crippen molar-refractivity contribution in [2.45, 2.75) is 13.8 Å². The van der Waals surface area contributed by atoms with E-state index in [1.165, 1.54) is 12.3 Å². The number of nitrogens with zero attached hydrogens (tertiary/aromatic N) is 3. The number of ether oxygens (including phenoxy) is 1. The molecule has 0 N–H and O–H groups in total. The molecule has 1 aromatic carbocycles. The maximum atomic E-state index is 11.7. The Morgan fingerprint density at radius 3 is 2.70 bits per heavy atom. The number of hydrogen-bond donors (Lipinski definition) is 0. The summed E-state index contributed by atoms with van der Waals surface area (Å²) in [5.74, 6) is -0.390. The second-order valence-corrected chi connectivity index (χ2v) is 4.00. The highest BCUT2D eigenvalue weighted by molar-refractivity contribution is 5.90. The van der Waals surface area contributed by atoms with Crippen molar-refractivity contribution in [3.8, 4) is 5.69 Å². The average Bonchev–Trinajstić information content (AvgIpc) is 2.82.